The molecular weight excluding hydrogens is 214 g/mol. The summed E-state index contributed by atoms with van der Waals surface area (Å²) in [6.45, 7) is 6.84. The Labute approximate surface area is 103 Å². The number of nitrogens with zero attached hydrogens (tertiary/aromatic N) is 1. The maximum atomic E-state index is 12.1. The molecule has 0 aliphatic heterocycles. The number of aryl methyl sites for hydroxylation is 1. The number of phenolic OH excluding ortho intramolecular Hbond substituents is 1. The van der Waals surface area contributed by atoms with Gasteiger partial charge in [-0.05, 0) is 43.0 Å². The molecule has 3 nitrogen and oxygen atoms in total. The molecule has 1 rings (SSSR count). The molecule has 0 aliphatic carbocycles. The number of carbonyl (C=O) groups is 1. The van der Waals surface area contributed by atoms with Crippen LogP contribution in [0.15, 0.2) is 18.2 Å². The normalized spacial score (nSPS) is 10.6. The van der Waals surface area contributed by atoms with Crippen LogP contribution in [0.1, 0.15) is 36.2 Å². The number of hydrogen-bond donors (Lipinski definition) is 1. The molecule has 1 aromatic rings. The van der Waals surface area contributed by atoms with Crippen LogP contribution in [0.2, 0.25) is 0 Å². The predicted octanol–water partition coefficient (Wildman–Crippen LogP) is 2.82. The zero-order chi connectivity index (χ0) is 13.0. The van der Waals surface area contributed by atoms with Gasteiger partial charge in [-0.3, -0.25) is 4.79 Å². The van der Waals surface area contributed by atoms with Crippen LogP contribution in [0.4, 0.5) is 0 Å². The van der Waals surface area contributed by atoms with E-state index < -0.39 is 0 Å². The van der Waals surface area contributed by atoms with Crippen LogP contribution in [-0.4, -0.2) is 29.5 Å². The molecule has 17 heavy (non-hydrogen) atoms. The van der Waals surface area contributed by atoms with Crippen LogP contribution in [0.3, 0.4) is 0 Å². The van der Waals surface area contributed by atoms with Crippen molar-refractivity contribution < 1.29 is 9.90 Å². The van der Waals surface area contributed by atoms with E-state index in [0.717, 1.165) is 18.5 Å². The fraction of sp³-hybridized carbons (Fsp3) is 0.500. The van der Waals surface area contributed by atoms with E-state index in [1.165, 1.54) is 0 Å². The zero-order valence-corrected chi connectivity index (χ0v) is 11.0. The van der Waals surface area contributed by atoms with E-state index in [4.69, 9.17) is 0 Å². The third kappa shape index (κ3) is 3.77. The Kier molecular flexibility index (Phi) is 4.55. The lowest BCUT2D eigenvalue weighted by Crippen LogP contribution is -2.28. The molecule has 0 unspecified atom stereocenters. The van der Waals surface area contributed by atoms with E-state index in [1.54, 1.807) is 30.0 Å². The van der Waals surface area contributed by atoms with Crippen molar-refractivity contribution in [2.45, 2.75) is 27.2 Å². The van der Waals surface area contributed by atoms with Gasteiger partial charge < -0.3 is 10.0 Å². The Balaban J connectivity index is 2.71. The van der Waals surface area contributed by atoms with Gasteiger partial charge in [0.25, 0.3) is 5.91 Å². The van der Waals surface area contributed by atoms with Gasteiger partial charge in [-0.15, -0.1) is 0 Å². The summed E-state index contributed by atoms with van der Waals surface area (Å²) in [6.07, 6.45) is 0.999. The fourth-order valence-electron chi connectivity index (χ4n) is 1.56. The highest BCUT2D eigenvalue weighted by Gasteiger charge is 2.12. The molecule has 0 spiro atoms. The van der Waals surface area contributed by atoms with Gasteiger partial charge in [-0.25, -0.2) is 0 Å². The molecule has 1 N–H and O–H groups in total. The van der Waals surface area contributed by atoms with E-state index in [9.17, 15) is 9.90 Å². The third-order valence-electron chi connectivity index (χ3n) is 2.83. The molecule has 0 heterocycles. The summed E-state index contributed by atoms with van der Waals surface area (Å²) in [5, 5.41) is 9.42. The number of benzene rings is 1. The quantitative estimate of drug-likeness (QED) is 0.871. The van der Waals surface area contributed by atoms with Crippen molar-refractivity contribution >= 4 is 5.91 Å². The van der Waals surface area contributed by atoms with E-state index in [-0.39, 0.29) is 11.7 Å². The van der Waals surface area contributed by atoms with Gasteiger partial charge >= 0.3 is 0 Å². The van der Waals surface area contributed by atoms with Crippen LogP contribution in [0, 0.1) is 12.8 Å². The van der Waals surface area contributed by atoms with Gasteiger partial charge in [0.05, 0.1) is 0 Å². The smallest absolute Gasteiger partial charge is 0.253 e. The van der Waals surface area contributed by atoms with E-state index in [2.05, 4.69) is 13.8 Å². The maximum Gasteiger partial charge on any atom is 0.253 e. The second-order valence-corrected chi connectivity index (χ2v) is 4.91. The zero-order valence-electron chi connectivity index (χ0n) is 11.0. The Bertz CT molecular complexity index is 399. The first kappa shape index (κ1) is 13.6. The van der Waals surface area contributed by atoms with Crippen molar-refractivity contribution in [3.63, 3.8) is 0 Å². The summed E-state index contributed by atoms with van der Waals surface area (Å²) in [7, 11) is 1.81. The molecule has 94 valence electrons. The largest absolute Gasteiger partial charge is 0.508 e. The maximum absolute atomic E-state index is 12.1. The van der Waals surface area contributed by atoms with Gasteiger partial charge in [-0.2, -0.15) is 0 Å². The van der Waals surface area contributed by atoms with Crippen LogP contribution >= 0.6 is 0 Å². The van der Waals surface area contributed by atoms with Crippen molar-refractivity contribution in [1.82, 2.24) is 4.90 Å². The molecule has 0 radical (unpaired) electrons. The number of aromatic hydroxyl groups is 1. The third-order valence-corrected chi connectivity index (χ3v) is 2.83. The van der Waals surface area contributed by atoms with Crippen LogP contribution < -0.4 is 0 Å². The minimum absolute atomic E-state index is 0.00810. The number of carbonyl (C=O) groups excluding carboxylic acids is 1. The van der Waals surface area contributed by atoms with Crippen LogP contribution in [-0.2, 0) is 0 Å². The van der Waals surface area contributed by atoms with E-state index >= 15 is 0 Å². The molecule has 0 saturated carbocycles. The Morgan fingerprint density at radius 3 is 2.59 bits per heavy atom. The summed E-state index contributed by atoms with van der Waals surface area (Å²) < 4.78 is 0. The monoisotopic (exact) mass is 235 g/mol. The number of amides is 1. The Morgan fingerprint density at radius 2 is 2.06 bits per heavy atom. The first-order chi connectivity index (χ1) is 7.91. The molecule has 0 saturated heterocycles. The van der Waals surface area contributed by atoms with Crippen LogP contribution in [0.5, 0.6) is 5.75 Å². The molecule has 0 fully saturated rings. The minimum Gasteiger partial charge on any atom is -0.508 e. The fourth-order valence-corrected chi connectivity index (χ4v) is 1.56. The molecule has 3 heteroatoms. The van der Waals surface area contributed by atoms with Crippen molar-refractivity contribution in [3.8, 4) is 5.75 Å². The lowest BCUT2D eigenvalue weighted by atomic mass is 10.1. The van der Waals surface area contributed by atoms with Crippen molar-refractivity contribution in [2.75, 3.05) is 13.6 Å². The highest BCUT2D eigenvalue weighted by molar-refractivity contribution is 5.94. The van der Waals surface area contributed by atoms with E-state index in [0.29, 0.717) is 11.5 Å². The highest BCUT2D eigenvalue weighted by Crippen LogP contribution is 2.18. The van der Waals surface area contributed by atoms with Crippen molar-refractivity contribution in [2.24, 2.45) is 5.92 Å². The summed E-state index contributed by atoms with van der Waals surface area (Å²) >= 11 is 0. The standard InChI is InChI=1S/C14H21NO2/c1-10(2)7-8-15(4)14(17)12-5-6-13(16)11(3)9-12/h5-6,9-10,16H,7-8H2,1-4H3. The molecule has 0 aliphatic rings. The van der Waals surface area contributed by atoms with Crippen LogP contribution in [0.25, 0.3) is 0 Å². The first-order valence-corrected chi connectivity index (χ1v) is 5.97. The highest BCUT2D eigenvalue weighted by atomic mass is 16.3. The summed E-state index contributed by atoms with van der Waals surface area (Å²) in [6, 6.07) is 4.96. The molecule has 0 atom stereocenters. The summed E-state index contributed by atoms with van der Waals surface area (Å²) in [4.78, 5) is 13.8. The first-order valence-electron chi connectivity index (χ1n) is 5.97. The lowest BCUT2D eigenvalue weighted by molar-refractivity contribution is 0.0789. The van der Waals surface area contributed by atoms with Crippen molar-refractivity contribution in [1.29, 1.82) is 0 Å². The molecule has 1 amide bonds. The summed E-state index contributed by atoms with van der Waals surface area (Å²) in [5.41, 5.74) is 1.36. The van der Waals surface area contributed by atoms with Gasteiger partial charge in [0, 0.05) is 19.2 Å². The molecule has 1 aromatic carbocycles. The Hall–Kier alpha value is -1.51. The number of rotatable bonds is 4. The average Bonchev–Trinajstić information content (AvgIpc) is 2.28. The van der Waals surface area contributed by atoms with Gasteiger partial charge in [-0.1, -0.05) is 13.8 Å². The van der Waals surface area contributed by atoms with E-state index in [1.807, 2.05) is 7.05 Å². The van der Waals surface area contributed by atoms with Gasteiger partial charge in [0.2, 0.25) is 0 Å². The van der Waals surface area contributed by atoms with Crippen molar-refractivity contribution in [3.05, 3.63) is 29.3 Å². The SMILES string of the molecule is Cc1cc(C(=O)N(C)CCC(C)C)ccc1O. The van der Waals surface area contributed by atoms with Gasteiger partial charge in [0.15, 0.2) is 0 Å². The minimum atomic E-state index is 0.00810. The predicted molar refractivity (Wildman–Crippen MR) is 69.3 cm³/mol. The number of hydrogen-bond acceptors (Lipinski definition) is 2. The molecule has 0 bridgehead atoms. The topological polar surface area (TPSA) is 40.5 Å². The second-order valence-electron chi connectivity index (χ2n) is 4.91. The molecular formula is C14H21NO2. The number of phenols is 1. The Morgan fingerprint density at radius 1 is 1.41 bits per heavy atom. The summed E-state index contributed by atoms with van der Waals surface area (Å²) in [5.74, 6) is 0.826. The van der Waals surface area contributed by atoms with Gasteiger partial charge in [0.1, 0.15) is 5.75 Å². The second kappa shape index (κ2) is 5.71. The average molecular weight is 235 g/mol. The molecule has 0 aromatic heterocycles. The lowest BCUT2D eigenvalue weighted by Gasteiger charge is -2.18.